The van der Waals surface area contributed by atoms with Crippen LogP contribution in [0.1, 0.15) is 32.1 Å². The zero-order chi connectivity index (χ0) is 11.9. The third-order valence-corrected chi connectivity index (χ3v) is 4.78. The van der Waals surface area contributed by atoms with Crippen LogP contribution in [0, 0.1) is 5.41 Å². The molecule has 1 saturated carbocycles. The average Bonchev–Trinajstić information content (AvgIpc) is 2.31. The molecule has 1 rings (SSSR count). The van der Waals surface area contributed by atoms with Gasteiger partial charge in [0, 0.05) is 25.0 Å². The molecule has 1 fully saturated rings. The van der Waals surface area contributed by atoms with Gasteiger partial charge in [0.15, 0.2) is 0 Å². The van der Waals surface area contributed by atoms with Gasteiger partial charge in [0.2, 0.25) is 0 Å². The summed E-state index contributed by atoms with van der Waals surface area (Å²) < 4.78 is 0. The van der Waals surface area contributed by atoms with Crippen molar-refractivity contribution in [3.8, 4) is 0 Å². The lowest BCUT2D eigenvalue weighted by molar-refractivity contribution is 0.0927. The highest BCUT2D eigenvalue weighted by molar-refractivity contribution is 9.09. The van der Waals surface area contributed by atoms with Crippen molar-refractivity contribution in [3.05, 3.63) is 0 Å². The Kier molecular flexibility index (Phi) is 6.89. The summed E-state index contributed by atoms with van der Waals surface area (Å²) in [5, 5.41) is 19.1. The molecule has 1 aliphatic carbocycles. The van der Waals surface area contributed by atoms with Gasteiger partial charge in [0.05, 0.1) is 13.2 Å². The lowest BCUT2D eigenvalue weighted by atomic mass is 9.75. The fourth-order valence-corrected chi connectivity index (χ4v) is 3.40. The van der Waals surface area contributed by atoms with E-state index < -0.39 is 0 Å². The second-order valence-electron chi connectivity index (χ2n) is 4.92. The van der Waals surface area contributed by atoms with Gasteiger partial charge in [-0.2, -0.15) is 0 Å². The minimum atomic E-state index is 0.179. The molecule has 1 aliphatic rings. The van der Waals surface area contributed by atoms with Crippen LogP contribution >= 0.6 is 15.9 Å². The number of aliphatic hydroxyl groups excluding tert-OH is 2. The number of aliphatic hydroxyl groups is 2. The monoisotopic (exact) mass is 293 g/mol. The Balaban J connectivity index is 2.50. The van der Waals surface area contributed by atoms with E-state index >= 15 is 0 Å². The maximum atomic E-state index is 9.01. The highest BCUT2D eigenvalue weighted by Gasteiger charge is 2.32. The Morgan fingerprint density at radius 3 is 2.00 bits per heavy atom. The van der Waals surface area contributed by atoms with Crippen LogP contribution in [0.2, 0.25) is 0 Å². The van der Waals surface area contributed by atoms with E-state index in [1.54, 1.807) is 0 Å². The molecule has 0 aromatic rings. The second kappa shape index (κ2) is 7.64. The molecular weight excluding hydrogens is 270 g/mol. The fourth-order valence-electron chi connectivity index (χ4n) is 2.66. The maximum Gasteiger partial charge on any atom is 0.0558 e. The average molecular weight is 294 g/mol. The smallest absolute Gasteiger partial charge is 0.0558 e. The highest BCUT2D eigenvalue weighted by atomic mass is 79.9. The molecule has 0 aliphatic heterocycles. The molecule has 96 valence electrons. The van der Waals surface area contributed by atoms with Crippen LogP contribution in [0.15, 0.2) is 0 Å². The predicted molar refractivity (Wildman–Crippen MR) is 69.9 cm³/mol. The second-order valence-corrected chi connectivity index (χ2v) is 5.48. The first-order valence-corrected chi connectivity index (χ1v) is 7.38. The zero-order valence-electron chi connectivity index (χ0n) is 10.00. The van der Waals surface area contributed by atoms with Crippen molar-refractivity contribution >= 4 is 15.9 Å². The minimum Gasteiger partial charge on any atom is -0.395 e. The van der Waals surface area contributed by atoms with Gasteiger partial charge in [-0.25, -0.2) is 0 Å². The summed E-state index contributed by atoms with van der Waals surface area (Å²) in [4.78, 5) is 2.19. The predicted octanol–water partition coefficient (Wildman–Crippen LogP) is 1.62. The summed E-state index contributed by atoms with van der Waals surface area (Å²) in [6, 6.07) is 0. The SMILES string of the molecule is OCCN(CCO)CC1(CBr)CCCCC1. The molecule has 0 saturated heterocycles. The molecule has 0 amide bonds. The molecule has 2 N–H and O–H groups in total. The lowest BCUT2D eigenvalue weighted by Gasteiger charge is -2.39. The van der Waals surface area contributed by atoms with Crippen LogP contribution in [0.3, 0.4) is 0 Å². The third-order valence-electron chi connectivity index (χ3n) is 3.59. The quantitative estimate of drug-likeness (QED) is 0.701. The normalized spacial score (nSPS) is 20.2. The molecule has 0 bridgehead atoms. The first-order valence-electron chi connectivity index (χ1n) is 6.26. The summed E-state index contributed by atoms with van der Waals surface area (Å²) in [6.07, 6.45) is 6.53. The molecule has 3 nitrogen and oxygen atoms in total. The number of hydrogen-bond acceptors (Lipinski definition) is 3. The van der Waals surface area contributed by atoms with Crippen molar-refractivity contribution in [3.63, 3.8) is 0 Å². The van der Waals surface area contributed by atoms with Gasteiger partial charge in [-0.15, -0.1) is 0 Å². The fraction of sp³-hybridized carbons (Fsp3) is 1.00. The van der Waals surface area contributed by atoms with Gasteiger partial charge in [0.1, 0.15) is 0 Å². The van der Waals surface area contributed by atoms with E-state index in [9.17, 15) is 0 Å². The molecule has 0 spiro atoms. The van der Waals surface area contributed by atoms with Crippen molar-refractivity contribution in [1.82, 2.24) is 4.90 Å². The van der Waals surface area contributed by atoms with Gasteiger partial charge in [-0.1, -0.05) is 35.2 Å². The van der Waals surface area contributed by atoms with Crippen molar-refractivity contribution in [2.24, 2.45) is 5.41 Å². The van der Waals surface area contributed by atoms with Gasteiger partial charge < -0.3 is 10.2 Å². The molecule has 0 heterocycles. The topological polar surface area (TPSA) is 43.7 Å². The van der Waals surface area contributed by atoms with Crippen molar-refractivity contribution in [2.45, 2.75) is 32.1 Å². The van der Waals surface area contributed by atoms with Crippen LogP contribution in [0.5, 0.6) is 0 Å². The van der Waals surface area contributed by atoms with E-state index in [1.807, 2.05) is 0 Å². The molecule has 16 heavy (non-hydrogen) atoms. The Hall–Kier alpha value is 0.360. The molecule has 0 unspecified atom stereocenters. The number of halogens is 1. The van der Waals surface area contributed by atoms with E-state index in [-0.39, 0.29) is 13.2 Å². The van der Waals surface area contributed by atoms with Crippen molar-refractivity contribution in [2.75, 3.05) is 38.2 Å². The largest absolute Gasteiger partial charge is 0.395 e. The van der Waals surface area contributed by atoms with E-state index in [0.29, 0.717) is 18.5 Å². The Bertz CT molecular complexity index is 178. The Morgan fingerprint density at radius 2 is 1.56 bits per heavy atom. The van der Waals surface area contributed by atoms with Gasteiger partial charge in [-0.3, -0.25) is 4.90 Å². The summed E-state index contributed by atoms with van der Waals surface area (Å²) >= 11 is 3.65. The highest BCUT2D eigenvalue weighted by Crippen LogP contribution is 2.38. The van der Waals surface area contributed by atoms with Gasteiger partial charge in [0.25, 0.3) is 0 Å². The van der Waals surface area contributed by atoms with Crippen molar-refractivity contribution < 1.29 is 10.2 Å². The number of alkyl halides is 1. The molecule has 0 aromatic carbocycles. The Labute approximate surface area is 107 Å². The summed E-state index contributed by atoms with van der Waals surface area (Å²) in [6.45, 7) is 2.71. The zero-order valence-corrected chi connectivity index (χ0v) is 11.6. The van der Waals surface area contributed by atoms with Gasteiger partial charge >= 0.3 is 0 Å². The van der Waals surface area contributed by atoms with E-state index in [1.165, 1.54) is 32.1 Å². The third kappa shape index (κ3) is 4.32. The number of hydrogen-bond donors (Lipinski definition) is 2. The standard InChI is InChI=1S/C12H24BrNO2/c13-10-12(4-2-1-3-5-12)11-14(6-8-15)7-9-16/h15-16H,1-11H2. The van der Waals surface area contributed by atoms with Crippen molar-refractivity contribution in [1.29, 1.82) is 0 Å². The van der Waals surface area contributed by atoms with Gasteiger partial charge in [-0.05, 0) is 18.3 Å². The molecule has 0 radical (unpaired) electrons. The summed E-state index contributed by atoms with van der Waals surface area (Å²) in [5.41, 5.74) is 0.364. The van der Waals surface area contributed by atoms with Crippen LogP contribution in [0.25, 0.3) is 0 Å². The lowest BCUT2D eigenvalue weighted by Crippen LogP contribution is -2.42. The van der Waals surface area contributed by atoms with Crippen LogP contribution < -0.4 is 0 Å². The maximum absolute atomic E-state index is 9.01. The van der Waals surface area contributed by atoms with E-state index in [2.05, 4.69) is 20.8 Å². The van der Waals surface area contributed by atoms with E-state index in [4.69, 9.17) is 10.2 Å². The summed E-state index contributed by atoms with van der Waals surface area (Å²) in [5.74, 6) is 0. The van der Waals surface area contributed by atoms with Crippen LogP contribution in [-0.2, 0) is 0 Å². The van der Waals surface area contributed by atoms with E-state index in [0.717, 1.165) is 11.9 Å². The number of rotatable bonds is 7. The molecular formula is C12H24BrNO2. The molecule has 4 heteroatoms. The number of nitrogens with zero attached hydrogens (tertiary/aromatic N) is 1. The minimum absolute atomic E-state index is 0.179. The first-order chi connectivity index (χ1) is 7.76. The molecule has 0 aromatic heterocycles. The van der Waals surface area contributed by atoms with Crippen LogP contribution in [-0.4, -0.2) is 53.3 Å². The molecule has 0 atom stereocenters. The first kappa shape index (κ1) is 14.4. The van der Waals surface area contributed by atoms with Crippen LogP contribution in [0.4, 0.5) is 0 Å². The Morgan fingerprint density at radius 1 is 1.00 bits per heavy atom. The summed E-state index contributed by atoms with van der Waals surface area (Å²) in [7, 11) is 0.